The van der Waals surface area contributed by atoms with Crippen molar-refractivity contribution in [2.24, 2.45) is 17.8 Å². The van der Waals surface area contributed by atoms with Gasteiger partial charge in [0, 0.05) is 65.4 Å². The molecule has 2 radical (unpaired) electrons. The van der Waals surface area contributed by atoms with Crippen LogP contribution in [-0.2, 0) is 65.4 Å². The van der Waals surface area contributed by atoms with Crippen molar-refractivity contribution < 1.29 is 65.4 Å². The molecule has 0 aromatic rings. The summed E-state index contributed by atoms with van der Waals surface area (Å²) in [6.45, 7) is 16.4. The van der Waals surface area contributed by atoms with E-state index < -0.39 is 0 Å². The van der Waals surface area contributed by atoms with Gasteiger partial charge in [0.15, 0.2) is 0 Å². The zero-order valence-corrected chi connectivity index (χ0v) is 20.1. The Morgan fingerprint density at radius 3 is 1.42 bits per heavy atom. The van der Waals surface area contributed by atoms with Gasteiger partial charge in [0.05, 0.1) is 0 Å². The molecule has 0 aliphatic rings. The van der Waals surface area contributed by atoms with Gasteiger partial charge in [-0.15, -0.1) is 0 Å². The Morgan fingerprint density at radius 1 is 0.684 bits per heavy atom. The van der Waals surface area contributed by atoms with E-state index in [2.05, 4.69) is 48.5 Å². The second-order valence-corrected chi connectivity index (χ2v) is 6.74. The molecule has 0 aliphatic carbocycles. The molecule has 19 heavy (non-hydrogen) atoms. The van der Waals surface area contributed by atoms with E-state index in [1.165, 1.54) is 32.1 Å². The first-order valence-corrected chi connectivity index (χ1v) is 7.47. The SMILES string of the molecule is CCC(C)C[C-](C)C[C@H](C)C[C-](C)CC(C)C.[Y].[Y]. The van der Waals surface area contributed by atoms with Crippen LogP contribution >= 0.6 is 0 Å². The van der Waals surface area contributed by atoms with Crippen LogP contribution in [0.4, 0.5) is 0 Å². The summed E-state index contributed by atoms with van der Waals surface area (Å²) in [6.07, 6.45) is 6.57. The summed E-state index contributed by atoms with van der Waals surface area (Å²) < 4.78 is 0. The topological polar surface area (TPSA) is 0 Å². The fourth-order valence-corrected chi connectivity index (χ4v) is 2.86. The molecule has 110 valence electrons. The van der Waals surface area contributed by atoms with Gasteiger partial charge in [-0.1, -0.05) is 58.8 Å². The fraction of sp³-hybridized carbons (Fsp3) is 0.882. The van der Waals surface area contributed by atoms with Gasteiger partial charge in [-0.3, -0.25) is 0 Å². The first kappa shape index (κ1) is 26.1. The van der Waals surface area contributed by atoms with Crippen LogP contribution in [0.5, 0.6) is 0 Å². The molecular formula is C17H34Y2-2. The van der Waals surface area contributed by atoms with E-state index in [1.807, 2.05) is 0 Å². The normalized spacial score (nSPS) is 14.2. The molecule has 0 amide bonds. The molecule has 1 unspecified atom stereocenters. The van der Waals surface area contributed by atoms with Crippen molar-refractivity contribution >= 4 is 0 Å². The fourth-order valence-electron chi connectivity index (χ4n) is 2.86. The van der Waals surface area contributed by atoms with Crippen molar-refractivity contribution in [2.45, 2.75) is 80.6 Å². The molecule has 0 nitrogen and oxygen atoms in total. The van der Waals surface area contributed by atoms with Crippen molar-refractivity contribution in [3.8, 4) is 0 Å². The smallest absolute Gasteiger partial charge is 0 e. The molecule has 0 aromatic heterocycles. The third-order valence-electron chi connectivity index (χ3n) is 3.54. The molecule has 0 aliphatic heterocycles. The van der Waals surface area contributed by atoms with Gasteiger partial charge >= 0.3 is 0 Å². The Labute approximate surface area is 173 Å². The van der Waals surface area contributed by atoms with Crippen LogP contribution in [0.2, 0.25) is 0 Å². The van der Waals surface area contributed by atoms with Gasteiger partial charge < -0.3 is 11.8 Å². The summed E-state index contributed by atoms with van der Waals surface area (Å²) in [6, 6.07) is 0. The second-order valence-electron chi connectivity index (χ2n) is 6.74. The number of hydrogen-bond acceptors (Lipinski definition) is 0. The first-order valence-electron chi connectivity index (χ1n) is 7.47. The van der Waals surface area contributed by atoms with Crippen molar-refractivity contribution in [3.05, 3.63) is 11.8 Å². The van der Waals surface area contributed by atoms with Crippen molar-refractivity contribution in [2.75, 3.05) is 0 Å². The maximum Gasteiger partial charge on any atom is 0 e. The molecule has 0 saturated carbocycles. The van der Waals surface area contributed by atoms with E-state index in [-0.39, 0.29) is 65.4 Å². The summed E-state index contributed by atoms with van der Waals surface area (Å²) in [5.41, 5.74) is 0. The zero-order chi connectivity index (χ0) is 13.4. The molecule has 0 saturated heterocycles. The summed E-state index contributed by atoms with van der Waals surface area (Å²) in [5, 5.41) is 0. The molecule has 0 aromatic carbocycles. The summed E-state index contributed by atoms with van der Waals surface area (Å²) in [7, 11) is 0. The van der Waals surface area contributed by atoms with Gasteiger partial charge in [-0.25, -0.2) is 0 Å². The van der Waals surface area contributed by atoms with Gasteiger partial charge in [0.1, 0.15) is 0 Å². The molecular weight excluding hydrogens is 382 g/mol. The third kappa shape index (κ3) is 16.4. The van der Waals surface area contributed by atoms with E-state index >= 15 is 0 Å². The van der Waals surface area contributed by atoms with Crippen molar-refractivity contribution in [1.82, 2.24) is 0 Å². The van der Waals surface area contributed by atoms with E-state index in [1.54, 1.807) is 11.8 Å². The van der Waals surface area contributed by atoms with E-state index in [0.29, 0.717) is 0 Å². The number of rotatable bonds is 9. The summed E-state index contributed by atoms with van der Waals surface area (Å²) in [4.78, 5) is 0. The van der Waals surface area contributed by atoms with E-state index in [9.17, 15) is 0 Å². The maximum absolute atomic E-state index is 2.41. The van der Waals surface area contributed by atoms with Crippen LogP contribution < -0.4 is 0 Å². The van der Waals surface area contributed by atoms with Crippen molar-refractivity contribution in [1.29, 1.82) is 0 Å². The quantitative estimate of drug-likeness (QED) is 0.401. The van der Waals surface area contributed by atoms with Gasteiger partial charge in [-0.2, -0.15) is 39.5 Å². The van der Waals surface area contributed by atoms with Crippen LogP contribution in [0.3, 0.4) is 0 Å². The second kappa shape index (κ2) is 15.1. The molecule has 0 spiro atoms. The van der Waals surface area contributed by atoms with Crippen molar-refractivity contribution in [3.63, 3.8) is 0 Å². The standard InChI is InChI=1S/C17H34.2Y/c1-8-14(4)10-16(6)12-17(7)11-15(5)9-13(2)3;;/h13-14,17H,8-12H2,1-7H3;;/q-2;;/t14?,17-;;/m1../s1. The molecule has 0 rings (SSSR count). The maximum atomic E-state index is 2.41. The molecule has 0 heterocycles. The van der Waals surface area contributed by atoms with Crippen LogP contribution in [0.15, 0.2) is 0 Å². The molecule has 2 heteroatoms. The van der Waals surface area contributed by atoms with E-state index in [0.717, 1.165) is 17.8 Å². The molecule has 0 bridgehead atoms. The number of hydrogen-bond donors (Lipinski definition) is 0. The Hall–Kier alpha value is 2.21. The van der Waals surface area contributed by atoms with E-state index in [4.69, 9.17) is 0 Å². The molecule has 0 fully saturated rings. The largest absolute Gasteiger partial charge is 0.316 e. The predicted octanol–water partition coefficient (Wildman–Crippen LogP) is 6.07. The Balaban J connectivity index is -0.00000128. The average molecular weight is 416 g/mol. The molecule has 0 N–H and O–H groups in total. The average Bonchev–Trinajstić information content (AvgIpc) is 2.14. The summed E-state index contributed by atoms with van der Waals surface area (Å²) in [5.74, 6) is 5.89. The van der Waals surface area contributed by atoms with Gasteiger partial charge in [-0.05, 0) is 0 Å². The zero-order valence-electron chi connectivity index (χ0n) is 14.4. The van der Waals surface area contributed by atoms with Crippen LogP contribution in [0.1, 0.15) is 80.6 Å². The van der Waals surface area contributed by atoms with Gasteiger partial charge in [0.25, 0.3) is 0 Å². The van der Waals surface area contributed by atoms with Crippen LogP contribution in [0, 0.1) is 29.6 Å². The first-order chi connectivity index (χ1) is 7.85. The van der Waals surface area contributed by atoms with Gasteiger partial charge in [0.2, 0.25) is 0 Å². The molecule has 2 atom stereocenters. The van der Waals surface area contributed by atoms with Crippen LogP contribution in [0.25, 0.3) is 0 Å². The minimum absolute atomic E-state index is 0. The minimum atomic E-state index is 0. The Kier molecular flexibility index (Phi) is 20.8. The Bertz CT molecular complexity index is 180. The monoisotopic (exact) mass is 416 g/mol. The predicted molar refractivity (Wildman–Crippen MR) is 79.8 cm³/mol. The van der Waals surface area contributed by atoms with Crippen LogP contribution in [-0.4, -0.2) is 0 Å². The Morgan fingerprint density at radius 2 is 1.05 bits per heavy atom. The third-order valence-corrected chi connectivity index (χ3v) is 3.54. The minimum Gasteiger partial charge on any atom is -0.316 e. The summed E-state index contributed by atoms with van der Waals surface area (Å²) >= 11 is 0.